The third-order valence-corrected chi connectivity index (χ3v) is 3.82. The molecule has 1 aromatic rings. The van der Waals surface area contributed by atoms with Gasteiger partial charge in [-0.1, -0.05) is 18.6 Å². The molecule has 23 heavy (non-hydrogen) atoms. The number of Topliss-reactive ketones (excluding diaryl/α,β-unsaturated/α-hetero) is 1. The van der Waals surface area contributed by atoms with Crippen molar-refractivity contribution in [2.75, 3.05) is 0 Å². The summed E-state index contributed by atoms with van der Waals surface area (Å²) in [7, 11) is 0. The standard InChI is InChI=1S/C17H19NO5/c1-12(19)16(17(20)23-15-8-3-2-4-9-15)11-13-6-5-7-14(10-13)18(21)22/h5-7,10-11,15H,2-4,8-9H2,1H3/b16-11+. The number of nitro benzene ring substituents is 1. The van der Waals surface area contributed by atoms with Crippen LogP contribution >= 0.6 is 0 Å². The lowest BCUT2D eigenvalue weighted by atomic mass is 9.97. The summed E-state index contributed by atoms with van der Waals surface area (Å²) in [5, 5.41) is 10.8. The summed E-state index contributed by atoms with van der Waals surface area (Å²) in [5.41, 5.74) is 0.239. The summed E-state index contributed by atoms with van der Waals surface area (Å²) >= 11 is 0. The Hall–Kier alpha value is -2.50. The number of nitrogens with zero attached hydrogens (tertiary/aromatic N) is 1. The molecule has 0 unspecified atom stereocenters. The minimum atomic E-state index is -0.657. The number of non-ortho nitro benzene ring substituents is 1. The van der Waals surface area contributed by atoms with E-state index < -0.39 is 16.7 Å². The fourth-order valence-corrected chi connectivity index (χ4v) is 2.60. The SMILES string of the molecule is CC(=O)/C(=C\c1cccc([N+](=O)[O-])c1)C(=O)OC1CCCCC1. The Morgan fingerprint density at radius 3 is 2.57 bits per heavy atom. The highest BCUT2D eigenvalue weighted by atomic mass is 16.6. The summed E-state index contributed by atoms with van der Waals surface area (Å²) in [5.74, 6) is -1.08. The zero-order chi connectivity index (χ0) is 16.8. The lowest BCUT2D eigenvalue weighted by Gasteiger charge is -2.22. The largest absolute Gasteiger partial charge is 0.459 e. The van der Waals surface area contributed by atoms with Crippen molar-refractivity contribution in [1.82, 2.24) is 0 Å². The van der Waals surface area contributed by atoms with E-state index in [0.29, 0.717) is 5.56 Å². The highest BCUT2D eigenvalue weighted by molar-refractivity contribution is 6.19. The summed E-state index contributed by atoms with van der Waals surface area (Å²) in [4.78, 5) is 34.3. The second kappa shape index (κ2) is 7.67. The Morgan fingerprint density at radius 1 is 1.26 bits per heavy atom. The van der Waals surface area contributed by atoms with Gasteiger partial charge >= 0.3 is 5.97 Å². The van der Waals surface area contributed by atoms with E-state index in [9.17, 15) is 19.7 Å². The lowest BCUT2D eigenvalue weighted by Crippen LogP contribution is -2.23. The summed E-state index contributed by atoms with van der Waals surface area (Å²) in [6.07, 6.45) is 5.99. The lowest BCUT2D eigenvalue weighted by molar-refractivity contribution is -0.384. The highest BCUT2D eigenvalue weighted by Crippen LogP contribution is 2.22. The number of ether oxygens (including phenoxy) is 1. The zero-order valence-electron chi connectivity index (χ0n) is 13.0. The van der Waals surface area contributed by atoms with Crippen LogP contribution in [-0.4, -0.2) is 22.8 Å². The minimum absolute atomic E-state index is 0.0870. The van der Waals surface area contributed by atoms with Gasteiger partial charge in [0.1, 0.15) is 11.7 Å². The molecule has 0 aromatic heterocycles. The Bertz CT molecular complexity index is 644. The molecule has 0 radical (unpaired) electrons. The van der Waals surface area contributed by atoms with E-state index in [2.05, 4.69) is 0 Å². The molecular formula is C17H19NO5. The van der Waals surface area contributed by atoms with Gasteiger partial charge in [-0.25, -0.2) is 4.79 Å². The van der Waals surface area contributed by atoms with Crippen LogP contribution in [0.4, 0.5) is 5.69 Å². The fourth-order valence-electron chi connectivity index (χ4n) is 2.60. The van der Waals surface area contributed by atoms with Crippen molar-refractivity contribution in [1.29, 1.82) is 0 Å². The second-order valence-electron chi connectivity index (χ2n) is 5.63. The van der Waals surface area contributed by atoms with E-state index in [1.807, 2.05) is 0 Å². The van der Waals surface area contributed by atoms with E-state index in [4.69, 9.17) is 4.74 Å². The molecule has 0 atom stereocenters. The number of esters is 1. The van der Waals surface area contributed by atoms with Gasteiger partial charge in [0.2, 0.25) is 0 Å². The Morgan fingerprint density at radius 2 is 1.96 bits per heavy atom. The van der Waals surface area contributed by atoms with Gasteiger partial charge in [0, 0.05) is 12.1 Å². The first-order chi connectivity index (χ1) is 11.0. The summed E-state index contributed by atoms with van der Waals surface area (Å²) < 4.78 is 5.40. The quantitative estimate of drug-likeness (QED) is 0.207. The molecule has 0 N–H and O–H groups in total. The van der Waals surface area contributed by atoms with Crippen molar-refractivity contribution in [3.8, 4) is 0 Å². The van der Waals surface area contributed by atoms with E-state index in [-0.39, 0.29) is 17.4 Å². The van der Waals surface area contributed by atoms with Crippen molar-refractivity contribution >= 4 is 23.5 Å². The van der Waals surface area contributed by atoms with Crippen molar-refractivity contribution < 1.29 is 19.2 Å². The number of ketones is 1. The number of nitro groups is 1. The topological polar surface area (TPSA) is 86.5 Å². The first-order valence-electron chi connectivity index (χ1n) is 7.65. The third-order valence-electron chi connectivity index (χ3n) is 3.82. The van der Waals surface area contributed by atoms with Gasteiger partial charge in [-0.3, -0.25) is 14.9 Å². The zero-order valence-corrected chi connectivity index (χ0v) is 13.0. The van der Waals surface area contributed by atoms with E-state index in [0.717, 1.165) is 32.1 Å². The molecule has 0 spiro atoms. The Labute approximate surface area is 134 Å². The Balaban J connectivity index is 2.19. The summed E-state index contributed by atoms with van der Waals surface area (Å²) in [6.45, 7) is 1.28. The normalized spacial score (nSPS) is 16.0. The first-order valence-corrected chi connectivity index (χ1v) is 7.65. The molecule has 6 heteroatoms. The molecule has 6 nitrogen and oxygen atoms in total. The van der Waals surface area contributed by atoms with E-state index in [1.165, 1.54) is 31.2 Å². The molecule has 2 rings (SSSR count). The molecule has 1 aromatic carbocycles. The van der Waals surface area contributed by atoms with Gasteiger partial charge in [0.25, 0.3) is 5.69 Å². The molecule has 1 aliphatic carbocycles. The van der Waals surface area contributed by atoms with Crippen LogP contribution in [0.25, 0.3) is 6.08 Å². The van der Waals surface area contributed by atoms with Crippen molar-refractivity contribution in [3.05, 3.63) is 45.5 Å². The maximum absolute atomic E-state index is 12.2. The molecule has 1 saturated carbocycles. The van der Waals surface area contributed by atoms with Gasteiger partial charge in [0.15, 0.2) is 5.78 Å². The van der Waals surface area contributed by atoms with Crippen molar-refractivity contribution in [3.63, 3.8) is 0 Å². The molecule has 1 fully saturated rings. The second-order valence-corrected chi connectivity index (χ2v) is 5.63. The van der Waals surface area contributed by atoms with E-state index in [1.54, 1.807) is 6.07 Å². The molecule has 0 amide bonds. The third kappa shape index (κ3) is 4.74. The van der Waals surface area contributed by atoms with Crippen LogP contribution in [0.15, 0.2) is 29.8 Å². The molecule has 0 saturated heterocycles. The fraction of sp³-hybridized carbons (Fsp3) is 0.412. The smallest absolute Gasteiger partial charge is 0.342 e. The van der Waals surface area contributed by atoms with Crippen LogP contribution < -0.4 is 0 Å². The number of carbonyl (C=O) groups is 2. The molecule has 122 valence electrons. The average molecular weight is 317 g/mol. The maximum atomic E-state index is 12.2. The van der Waals surface area contributed by atoms with Gasteiger partial charge in [0.05, 0.1) is 4.92 Å². The molecule has 0 heterocycles. The van der Waals surface area contributed by atoms with Crippen molar-refractivity contribution in [2.24, 2.45) is 0 Å². The molecule has 0 bridgehead atoms. The van der Waals surface area contributed by atoms with Gasteiger partial charge in [-0.2, -0.15) is 0 Å². The number of hydrogen-bond donors (Lipinski definition) is 0. The predicted octanol–water partition coefficient (Wildman–Crippen LogP) is 3.44. The number of benzene rings is 1. The van der Waals surface area contributed by atoms with Crippen LogP contribution in [0.3, 0.4) is 0 Å². The minimum Gasteiger partial charge on any atom is -0.459 e. The number of carbonyl (C=O) groups excluding carboxylic acids is 2. The number of rotatable bonds is 5. The Kier molecular flexibility index (Phi) is 5.62. The van der Waals surface area contributed by atoms with Crippen LogP contribution in [-0.2, 0) is 14.3 Å². The summed E-state index contributed by atoms with van der Waals surface area (Å²) in [6, 6.07) is 5.78. The van der Waals surface area contributed by atoms with Crippen LogP contribution in [0.1, 0.15) is 44.6 Å². The van der Waals surface area contributed by atoms with Crippen molar-refractivity contribution in [2.45, 2.75) is 45.1 Å². The van der Waals surface area contributed by atoms with Crippen LogP contribution in [0.2, 0.25) is 0 Å². The van der Waals surface area contributed by atoms with E-state index >= 15 is 0 Å². The van der Waals surface area contributed by atoms with Gasteiger partial charge in [-0.15, -0.1) is 0 Å². The average Bonchev–Trinajstić information content (AvgIpc) is 2.53. The van der Waals surface area contributed by atoms with Gasteiger partial charge in [-0.05, 0) is 44.2 Å². The predicted molar refractivity (Wildman–Crippen MR) is 84.7 cm³/mol. The molecule has 1 aliphatic rings. The first kappa shape index (κ1) is 16.9. The van der Waals surface area contributed by atoms with Gasteiger partial charge < -0.3 is 4.74 Å². The molecular weight excluding hydrogens is 298 g/mol. The maximum Gasteiger partial charge on any atom is 0.342 e. The van der Waals surface area contributed by atoms with Crippen LogP contribution in [0, 0.1) is 10.1 Å². The highest BCUT2D eigenvalue weighted by Gasteiger charge is 2.22. The van der Waals surface area contributed by atoms with Crippen LogP contribution in [0.5, 0.6) is 0 Å². The number of hydrogen-bond acceptors (Lipinski definition) is 5. The monoisotopic (exact) mass is 317 g/mol. The molecule has 0 aliphatic heterocycles.